The second kappa shape index (κ2) is 5.89. The van der Waals surface area contributed by atoms with Crippen LogP contribution in [-0.4, -0.2) is 24.0 Å². The molecule has 2 N–H and O–H groups in total. The van der Waals surface area contributed by atoms with Crippen LogP contribution in [0, 0.1) is 5.92 Å². The van der Waals surface area contributed by atoms with Crippen LogP contribution in [0.1, 0.15) is 19.3 Å². The molecule has 4 nitrogen and oxygen atoms in total. The van der Waals surface area contributed by atoms with Gasteiger partial charge in [-0.2, -0.15) is 0 Å². The third-order valence-corrected chi connectivity index (χ3v) is 3.98. The fourth-order valence-electron chi connectivity index (χ4n) is 2.27. The van der Waals surface area contributed by atoms with Crippen LogP contribution < -0.4 is 10.6 Å². The fraction of sp³-hybridized carbons (Fsp3) is 0.500. The van der Waals surface area contributed by atoms with E-state index in [1.54, 1.807) is 6.20 Å². The Kier molecular flexibility index (Phi) is 4.45. The number of anilines is 1. The van der Waals surface area contributed by atoms with E-state index < -0.39 is 0 Å². The highest BCUT2D eigenvalue weighted by Crippen LogP contribution is 2.30. The van der Waals surface area contributed by atoms with Crippen molar-refractivity contribution < 1.29 is 4.79 Å². The van der Waals surface area contributed by atoms with E-state index >= 15 is 0 Å². The molecule has 2 heterocycles. The lowest BCUT2D eigenvalue weighted by Gasteiger charge is -2.32. The number of rotatable bonds is 3. The molecule has 0 radical (unpaired) electrons. The zero-order valence-corrected chi connectivity index (χ0v) is 12.2. The number of carbonyl (C=O) groups excluding carboxylic acids is 1. The lowest BCUT2D eigenvalue weighted by atomic mass is 9.93. The number of halogens is 2. The molecule has 1 aromatic rings. The number of carbonyl (C=O) groups is 1. The van der Waals surface area contributed by atoms with Gasteiger partial charge in [-0.15, -0.1) is 0 Å². The quantitative estimate of drug-likeness (QED) is 0.925. The van der Waals surface area contributed by atoms with Crippen molar-refractivity contribution in [3.05, 3.63) is 21.8 Å². The maximum absolute atomic E-state index is 10.9. The molecule has 2 rings (SSSR count). The summed E-state index contributed by atoms with van der Waals surface area (Å²) in [6.45, 7) is 1.79. The smallest absolute Gasteiger partial charge is 0.217 e. The van der Waals surface area contributed by atoms with Crippen LogP contribution >= 0.6 is 27.5 Å². The van der Waals surface area contributed by atoms with Gasteiger partial charge in [-0.05, 0) is 40.8 Å². The van der Waals surface area contributed by atoms with Crippen molar-refractivity contribution in [2.75, 3.05) is 18.0 Å². The first-order valence-corrected chi connectivity index (χ1v) is 7.07. The number of hydrogen-bond acceptors (Lipinski definition) is 3. The summed E-state index contributed by atoms with van der Waals surface area (Å²) < 4.78 is 0.906. The van der Waals surface area contributed by atoms with Crippen molar-refractivity contribution in [3.8, 4) is 0 Å². The molecule has 1 fully saturated rings. The van der Waals surface area contributed by atoms with Gasteiger partial charge in [0, 0.05) is 25.7 Å². The Morgan fingerprint density at radius 1 is 1.56 bits per heavy atom. The lowest BCUT2D eigenvalue weighted by Crippen LogP contribution is -2.35. The van der Waals surface area contributed by atoms with E-state index in [1.807, 2.05) is 6.07 Å². The van der Waals surface area contributed by atoms with E-state index in [0.29, 0.717) is 17.4 Å². The minimum absolute atomic E-state index is 0.209. The van der Waals surface area contributed by atoms with Crippen LogP contribution in [0.3, 0.4) is 0 Å². The average molecular weight is 333 g/mol. The minimum Gasteiger partial charge on any atom is -0.370 e. The highest BCUT2D eigenvalue weighted by molar-refractivity contribution is 9.10. The first-order valence-electron chi connectivity index (χ1n) is 5.90. The van der Waals surface area contributed by atoms with Gasteiger partial charge in [0.2, 0.25) is 5.91 Å². The van der Waals surface area contributed by atoms with Gasteiger partial charge in [-0.3, -0.25) is 4.79 Å². The van der Waals surface area contributed by atoms with Gasteiger partial charge in [-0.25, -0.2) is 4.98 Å². The van der Waals surface area contributed by atoms with E-state index in [4.69, 9.17) is 17.3 Å². The molecule has 98 valence electrons. The predicted octanol–water partition coefficient (Wildman–Crippen LogP) is 2.59. The molecule has 1 amide bonds. The van der Waals surface area contributed by atoms with Gasteiger partial charge in [0.25, 0.3) is 0 Å². The Labute approximate surface area is 120 Å². The molecule has 1 aliphatic rings. The molecule has 1 saturated heterocycles. The average Bonchev–Trinajstić information content (AvgIpc) is 2.30. The molecule has 18 heavy (non-hydrogen) atoms. The summed E-state index contributed by atoms with van der Waals surface area (Å²) in [6, 6.07) is 1.85. The molecule has 1 aromatic heterocycles. The molecular weight excluding hydrogens is 318 g/mol. The normalized spacial score (nSPS) is 16.9. The Balaban J connectivity index is 1.99. The summed E-state index contributed by atoms with van der Waals surface area (Å²) in [4.78, 5) is 17.4. The summed E-state index contributed by atoms with van der Waals surface area (Å²) in [5, 5.41) is 0.620. The van der Waals surface area contributed by atoms with Gasteiger partial charge < -0.3 is 10.6 Å². The van der Waals surface area contributed by atoms with Crippen LogP contribution in [-0.2, 0) is 4.79 Å². The van der Waals surface area contributed by atoms with Crippen molar-refractivity contribution in [3.63, 3.8) is 0 Å². The summed E-state index contributed by atoms with van der Waals surface area (Å²) in [5.41, 5.74) is 5.22. The zero-order chi connectivity index (χ0) is 13.1. The van der Waals surface area contributed by atoms with Crippen LogP contribution in [0.5, 0.6) is 0 Å². The molecule has 0 aliphatic carbocycles. The van der Waals surface area contributed by atoms with Crippen molar-refractivity contribution in [1.29, 1.82) is 0 Å². The van der Waals surface area contributed by atoms with E-state index in [1.165, 1.54) is 0 Å². The number of primary amides is 1. The second-order valence-electron chi connectivity index (χ2n) is 4.56. The molecule has 0 atom stereocenters. The third-order valence-electron chi connectivity index (χ3n) is 3.19. The number of pyridine rings is 1. The maximum Gasteiger partial charge on any atom is 0.217 e. The Morgan fingerprint density at radius 3 is 2.78 bits per heavy atom. The maximum atomic E-state index is 10.9. The van der Waals surface area contributed by atoms with Crippen LogP contribution in [0.4, 0.5) is 5.82 Å². The molecular formula is C12H15BrClN3O. The van der Waals surface area contributed by atoms with Gasteiger partial charge >= 0.3 is 0 Å². The van der Waals surface area contributed by atoms with Crippen molar-refractivity contribution in [2.45, 2.75) is 19.3 Å². The molecule has 0 saturated carbocycles. The fourth-order valence-corrected chi connectivity index (χ4v) is 3.16. The molecule has 0 bridgehead atoms. The number of amides is 1. The van der Waals surface area contributed by atoms with Gasteiger partial charge in [0.15, 0.2) is 0 Å². The van der Waals surface area contributed by atoms with Crippen LogP contribution in [0.25, 0.3) is 0 Å². The van der Waals surface area contributed by atoms with Gasteiger partial charge in [-0.1, -0.05) is 11.6 Å². The monoisotopic (exact) mass is 331 g/mol. The largest absolute Gasteiger partial charge is 0.370 e. The Hall–Kier alpha value is -0.810. The number of nitrogens with zero attached hydrogens (tertiary/aromatic N) is 2. The number of piperidine rings is 1. The van der Waals surface area contributed by atoms with E-state index in [9.17, 15) is 4.79 Å². The first-order chi connectivity index (χ1) is 8.56. The Morgan fingerprint density at radius 2 is 2.22 bits per heavy atom. The van der Waals surface area contributed by atoms with E-state index in [-0.39, 0.29) is 5.91 Å². The van der Waals surface area contributed by atoms with E-state index in [2.05, 4.69) is 25.8 Å². The van der Waals surface area contributed by atoms with Crippen LogP contribution in [0.15, 0.2) is 16.7 Å². The number of aromatic nitrogens is 1. The van der Waals surface area contributed by atoms with Crippen LogP contribution in [0.2, 0.25) is 5.02 Å². The summed E-state index contributed by atoms with van der Waals surface area (Å²) >= 11 is 9.35. The lowest BCUT2D eigenvalue weighted by molar-refractivity contribution is -0.119. The number of hydrogen-bond donors (Lipinski definition) is 1. The predicted molar refractivity (Wildman–Crippen MR) is 75.7 cm³/mol. The summed E-state index contributed by atoms with van der Waals surface area (Å²) in [5.74, 6) is 1.11. The second-order valence-corrected chi connectivity index (χ2v) is 5.85. The Bertz CT molecular complexity index is 447. The zero-order valence-electron chi connectivity index (χ0n) is 9.90. The molecule has 6 heteroatoms. The first kappa shape index (κ1) is 13.6. The van der Waals surface area contributed by atoms with Gasteiger partial charge in [0.1, 0.15) is 5.82 Å². The summed E-state index contributed by atoms with van der Waals surface area (Å²) in [7, 11) is 0. The number of nitrogens with two attached hydrogens (primary N) is 1. The topological polar surface area (TPSA) is 59.2 Å². The van der Waals surface area contributed by atoms with E-state index in [0.717, 1.165) is 36.2 Å². The van der Waals surface area contributed by atoms with Crippen molar-refractivity contribution in [2.24, 2.45) is 11.7 Å². The minimum atomic E-state index is -0.209. The third kappa shape index (κ3) is 3.36. The highest BCUT2D eigenvalue weighted by Gasteiger charge is 2.22. The molecule has 0 unspecified atom stereocenters. The van der Waals surface area contributed by atoms with Crippen molar-refractivity contribution >= 4 is 39.3 Å². The summed E-state index contributed by atoms with van der Waals surface area (Å²) in [6.07, 6.45) is 4.08. The molecule has 1 aliphatic heterocycles. The SMILES string of the molecule is NC(=O)CC1CCN(c2ncc(Cl)cc2Br)CC1. The standard InChI is InChI=1S/C12H15BrClN3O/c13-10-6-9(14)7-16-12(10)17-3-1-8(2-4-17)5-11(15)18/h6-8H,1-5H2,(H2,15,18). The molecule has 0 spiro atoms. The highest BCUT2D eigenvalue weighted by atomic mass is 79.9. The van der Waals surface area contributed by atoms with Crippen molar-refractivity contribution in [1.82, 2.24) is 4.98 Å². The van der Waals surface area contributed by atoms with Gasteiger partial charge in [0.05, 0.1) is 9.50 Å². The molecule has 0 aromatic carbocycles.